The van der Waals surface area contributed by atoms with Crippen molar-refractivity contribution in [3.8, 4) is 0 Å². The third kappa shape index (κ3) is 5.74. The minimum Gasteiger partial charge on any atom is -0.481 e. The van der Waals surface area contributed by atoms with E-state index in [1.165, 1.54) is 0 Å². The topological polar surface area (TPSA) is 78.4 Å². The molecule has 0 aliphatic carbocycles. The largest absolute Gasteiger partial charge is 0.481 e. The number of carboxylic acids is 1. The molecule has 1 rings (SSSR count). The molecule has 0 fully saturated rings. The fraction of sp³-hybridized carbons (Fsp3) is 0.385. The Bertz CT molecular complexity index is 463. The third-order valence-corrected chi connectivity index (χ3v) is 3.48. The number of unbranched alkanes of at least 4 members (excludes halogenated alkanes) is 1. The molecule has 0 saturated heterocycles. The molecule has 0 heterocycles. The molecule has 0 atom stereocenters. The quantitative estimate of drug-likeness (QED) is 0.702. The standard InChI is InChI=1S/C13H17BrN2O3/c1-9-10(14)5-4-6-11(9)16-13(19)15-8-3-2-7-12(17)18/h4-6H,2-3,7-8H2,1H3,(H,17,18)(H2,15,16,19). The van der Waals surface area contributed by atoms with Gasteiger partial charge in [-0.25, -0.2) is 4.79 Å². The van der Waals surface area contributed by atoms with Crippen molar-refractivity contribution in [3.05, 3.63) is 28.2 Å². The third-order valence-electron chi connectivity index (χ3n) is 2.62. The summed E-state index contributed by atoms with van der Waals surface area (Å²) in [6.45, 7) is 2.37. The van der Waals surface area contributed by atoms with Crippen molar-refractivity contribution in [2.75, 3.05) is 11.9 Å². The zero-order valence-corrected chi connectivity index (χ0v) is 12.3. The number of hydrogen-bond acceptors (Lipinski definition) is 2. The summed E-state index contributed by atoms with van der Waals surface area (Å²) in [5.41, 5.74) is 1.71. The molecule has 6 heteroatoms. The molecule has 5 nitrogen and oxygen atoms in total. The van der Waals surface area contributed by atoms with Crippen LogP contribution < -0.4 is 10.6 Å². The van der Waals surface area contributed by atoms with Crippen molar-refractivity contribution in [2.45, 2.75) is 26.2 Å². The smallest absolute Gasteiger partial charge is 0.319 e. The second kappa shape index (κ2) is 7.78. The second-order valence-electron chi connectivity index (χ2n) is 4.14. The number of amides is 2. The first-order valence-electron chi connectivity index (χ1n) is 6.02. The number of benzene rings is 1. The van der Waals surface area contributed by atoms with Crippen LogP contribution in [0.5, 0.6) is 0 Å². The van der Waals surface area contributed by atoms with Gasteiger partial charge < -0.3 is 15.7 Å². The average Bonchev–Trinajstić information content (AvgIpc) is 2.34. The van der Waals surface area contributed by atoms with E-state index in [9.17, 15) is 9.59 Å². The zero-order chi connectivity index (χ0) is 14.3. The van der Waals surface area contributed by atoms with Crippen LogP contribution in [0.2, 0.25) is 0 Å². The second-order valence-corrected chi connectivity index (χ2v) is 5.00. The Morgan fingerprint density at radius 3 is 2.74 bits per heavy atom. The molecule has 0 spiro atoms. The number of aliphatic carboxylic acids is 1. The van der Waals surface area contributed by atoms with E-state index in [0.29, 0.717) is 19.4 Å². The number of nitrogens with one attached hydrogen (secondary N) is 2. The Morgan fingerprint density at radius 2 is 2.05 bits per heavy atom. The van der Waals surface area contributed by atoms with Crippen LogP contribution in [0, 0.1) is 6.92 Å². The molecule has 2 amide bonds. The molecule has 0 unspecified atom stereocenters. The maximum Gasteiger partial charge on any atom is 0.319 e. The summed E-state index contributed by atoms with van der Waals surface area (Å²) in [5.74, 6) is -0.811. The molecule has 0 bridgehead atoms. The van der Waals surface area contributed by atoms with Crippen LogP contribution in [0.15, 0.2) is 22.7 Å². The van der Waals surface area contributed by atoms with Gasteiger partial charge in [0.25, 0.3) is 0 Å². The summed E-state index contributed by atoms with van der Waals surface area (Å²) in [4.78, 5) is 21.9. The van der Waals surface area contributed by atoms with E-state index in [2.05, 4.69) is 26.6 Å². The van der Waals surface area contributed by atoms with Gasteiger partial charge in [-0.1, -0.05) is 22.0 Å². The van der Waals surface area contributed by atoms with Crippen LogP contribution in [0.25, 0.3) is 0 Å². The van der Waals surface area contributed by atoms with Crippen molar-refractivity contribution in [2.24, 2.45) is 0 Å². The normalized spacial score (nSPS) is 10.0. The van der Waals surface area contributed by atoms with E-state index in [-0.39, 0.29) is 12.5 Å². The van der Waals surface area contributed by atoms with Gasteiger partial charge in [-0.05, 0) is 37.5 Å². The van der Waals surface area contributed by atoms with E-state index < -0.39 is 5.97 Å². The Morgan fingerprint density at radius 1 is 1.32 bits per heavy atom. The summed E-state index contributed by atoms with van der Waals surface area (Å²) < 4.78 is 0.937. The van der Waals surface area contributed by atoms with Gasteiger partial charge in [-0.2, -0.15) is 0 Å². The number of carbonyl (C=O) groups is 2. The van der Waals surface area contributed by atoms with E-state index in [0.717, 1.165) is 15.7 Å². The van der Waals surface area contributed by atoms with Gasteiger partial charge in [0.2, 0.25) is 0 Å². The van der Waals surface area contributed by atoms with Crippen LogP contribution in [0.3, 0.4) is 0 Å². The number of anilines is 1. The highest BCUT2D eigenvalue weighted by Gasteiger charge is 2.05. The summed E-state index contributed by atoms with van der Waals surface area (Å²) in [6, 6.07) is 5.30. The minimum atomic E-state index is -0.811. The molecule has 0 aliphatic heterocycles. The first-order valence-corrected chi connectivity index (χ1v) is 6.81. The van der Waals surface area contributed by atoms with E-state index >= 15 is 0 Å². The van der Waals surface area contributed by atoms with Crippen LogP contribution in [0.1, 0.15) is 24.8 Å². The van der Waals surface area contributed by atoms with E-state index in [1.54, 1.807) is 0 Å². The summed E-state index contributed by atoms with van der Waals surface area (Å²) >= 11 is 3.40. The fourth-order valence-corrected chi connectivity index (χ4v) is 1.88. The average molecular weight is 329 g/mol. The van der Waals surface area contributed by atoms with Gasteiger partial charge in [0.05, 0.1) is 0 Å². The minimum absolute atomic E-state index is 0.133. The van der Waals surface area contributed by atoms with Crippen LogP contribution in [-0.4, -0.2) is 23.7 Å². The van der Waals surface area contributed by atoms with Gasteiger partial charge in [0.1, 0.15) is 0 Å². The van der Waals surface area contributed by atoms with Crippen LogP contribution >= 0.6 is 15.9 Å². The zero-order valence-electron chi connectivity index (χ0n) is 10.7. The van der Waals surface area contributed by atoms with Crippen LogP contribution in [-0.2, 0) is 4.79 Å². The van der Waals surface area contributed by atoms with Gasteiger partial charge >= 0.3 is 12.0 Å². The van der Waals surface area contributed by atoms with Gasteiger partial charge in [-0.3, -0.25) is 4.79 Å². The molecule has 1 aromatic carbocycles. The molecule has 1 aromatic rings. The Hall–Kier alpha value is -1.56. The maximum atomic E-state index is 11.6. The molecule has 0 saturated carbocycles. The number of urea groups is 1. The predicted octanol–water partition coefficient (Wildman–Crippen LogP) is 3.13. The lowest BCUT2D eigenvalue weighted by molar-refractivity contribution is -0.137. The lowest BCUT2D eigenvalue weighted by Gasteiger charge is -2.10. The number of halogens is 1. The predicted molar refractivity (Wildman–Crippen MR) is 77.4 cm³/mol. The Kier molecular flexibility index (Phi) is 6.35. The lowest BCUT2D eigenvalue weighted by atomic mass is 10.2. The highest BCUT2D eigenvalue weighted by atomic mass is 79.9. The molecule has 0 radical (unpaired) electrons. The first-order chi connectivity index (χ1) is 9.00. The molecule has 19 heavy (non-hydrogen) atoms. The summed E-state index contributed by atoms with van der Waals surface area (Å²) in [7, 11) is 0. The van der Waals surface area contributed by atoms with E-state index in [4.69, 9.17) is 5.11 Å². The lowest BCUT2D eigenvalue weighted by Crippen LogP contribution is -2.29. The summed E-state index contributed by atoms with van der Waals surface area (Å²) in [5, 5.41) is 13.9. The highest BCUT2D eigenvalue weighted by Crippen LogP contribution is 2.23. The number of hydrogen-bond donors (Lipinski definition) is 3. The number of rotatable bonds is 6. The molecule has 104 valence electrons. The van der Waals surface area contributed by atoms with Gasteiger partial charge in [-0.15, -0.1) is 0 Å². The molecule has 0 aromatic heterocycles. The number of carboxylic acid groups (broad SMARTS) is 1. The first kappa shape index (κ1) is 15.5. The summed E-state index contributed by atoms with van der Waals surface area (Å²) in [6.07, 6.45) is 1.34. The van der Waals surface area contributed by atoms with Crippen molar-refractivity contribution < 1.29 is 14.7 Å². The van der Waals surface area contributed by atoms with Crippen LogP contribution in [0.4, 0.5) is 10.5 Å². The van der Waals surface area contributed by atoms with Gasteiger partial charge in [0, 0.05) is 23.1 Å². The Labute approximate surface area is 120 Å². The molecule has 0 aliphatic rings. The number of carbonyl (C=O) groups excluding carboxylic acids is 1. The monoisotopic (exact) mass is 328 g/mol. The molecular weight excluding hydrogens is 312 g/mol. The molecule has 3 N–H and O–H groups in total. The van der Waals surface area contributed by atoms with Crippen molar-refractivity contribution in [1.29, 1.82) is 0 Å². The van der Waals surface area contributed by atoms with Crippen molar-refractivity contribution in [1.82, 2.24) is 5.32 Å². The van der Waals surface area contributed by atoms with Crippen molar-refractivity contribution >= 4 is 33.6 Å². The van der Waals surface area contributed by atoms with E-state index in [1.807, 2.05) is 25.1 Å². The fourth-order valence-electron chi connectivity index (χ4n) is 1.51. The van der Waals surface area contributed by atoms with Gasteiger partial charge in [0.15, 0.2) is 0 Å². The molecular formula is C13H17BrN2O3. The highest BCUT2D eigenvalue weighted by molar-refractivity contribution is 9.10. The maximum absolute atomic E-state index is 11.6. The Balaban J connectivity index is 2.31. The van der Waals surface area contributed by atoms with Crippen molar-refractivity contribution in [3.63, 3.8) is 0 Å². The SMILES string of the molecule is Cc1c(Br)cccc1NC(=O)NCCCCC(=O)O.